The summed E-state index contributed by atoms with van der Waals surface area (Å²) in [6.07, 6.45) is 2.82. The van der Waals surface area contributed by atoms with Crippen molar-refractivity contribution in [1.29, 1.82) is 0 Å². The summed E-state index contributed by atoms with van der Waals surface area (Å²) in [7, 11) is 0. The van der Waals surface area contributed by atoms with Gasteiger partial charge in [-0.3, -0.25) is 0 Å². The second kappa shape index (κ2) is 5.68. The number of pyridine rings is 1. The Morgan fingerprint density at radius 3 is 3.28 bits per heavy atom. The second-order valence-corrected chi connectivity index (χ2v) is 4.37. The topological polar surface area (TPSA) is 84.0 Å². The molecule has 0 radical (unpaired) electrons. The molecule has 6 nitrogen and oxygen atoms in total. The molecule has 1 aromatic rings. The van der Waals surface area contributed by atoms with Gasteiger partial charge in [0.1, 0.15) is 5.82 Å². The van der Waals surface area contributed by atoms with Crippen LogP contribution >= 0.6 is 0 Å². The first kappa shape index (κ1) is 12.6. The predicted octanol–water partition coefficient (Wildman–Crippen LogP) is 0.791. The molecule has 3 N–H and O–H groups in total. The van der Waals surface area contributed by atoms with E-state index in [0.717, 1.165) is 31.9 Å². The zero-order valence-electron chi connectivity index (χ0n) is 10.4. The van der Waals surface area contributed by atoms with Crippen molar-refractivity contribution in [2.75, 3.05) is 24.6 Å². The maximum atomic E-state index is 8.69. The molecule has 0 aliphatic carbocycles. The largest absolute Gasteiger partial charge is 0.409 e. The highest BCUT2D eigenvalue weighted by molar-refractivity contribution is 5.97. The fourth-order valence-electron chi connectivity index (χ4n) is 2.01. The van der Waals surface area contributed by atoms with E-state index >= 15 is 0 Å². The highest BCUT2D eigenvalue weighted by Crippen LogP contribution is 2.16. The van der Waals surface area contributed by atoms with Crippen LogP contribution in [0.2, 0.25) is 0 Å². The average Bonchev–Trinajstić information content (AvgIpc) is 2.62. The Balaban J connectivity index is 2.21. The molecule has 0 spiro atoms. The molecule has 2 heterocycles. The standard InChI is InChI=1S/C12H18N4O2/c1-9-8-16(5-2-6-18-9)11-7-10(3-4-14-11)12(13)15-17/h3-4,7,9,17H,2,5-6,8H2,1H3,(H2,13,15). The van der Waals surface area contributed by atoms with Crippen LogP contribution in [0.1, 0.15) is 18.9 Å². The Morgan fingerprint density at radius 2 is 2.50 bits per heavy atom. The number of amidine groups is 1. The number of hydrogen-bond acceptors (Lipinski definition) is 5. The third-order valence-corrected chi connectivity index (χ3v) is 2.93. The zero-order chi connectivity index (χ0) is 13.0. The lowest BCUT2D eigenvalue weighted by atomic mass is 10.2. The van der Waals surface area contributed by atoms with Crippen LogP contribution < -0.4 is 10.6 Å². The van der Waals surface area contributed by atoms with E-state index in [-0.39, 0.29) is 11.9 Å². The van der Waals surface area contributed by atoms with Crippen LogP contribution in [0.5, 0.6) is 0 Å². The molecule has 0 bridgehead atoms. The molecule has 2 rings (SSSR count). The third-order valence-electron chi connectivity index (χ3n) is 2.93. The zero-order valence-corrected chi connectivity index (χ0v) is 10.4. The third kappa shape index (κ3) is 2.89. The number of hydrogen-bond donors (Lipinski definition) is 2. The van der Waals surface area contributed by atoms with Gasteiger partial charge in [-0.2, -0.15) is 0 Å². The van der Waals surface area contributed by atoms with Crippen LogP contribution in [-0.2, 0) is 4.74 Å². The lowest BCUT2D eigenvalue weighted by molar-refractivity contribution is 0.0820. The Kier molecular flexibility index (Phi) is 3.99. The van der Waals surface area contributed by atoms with E-state index < -0.39 is 0 Å². The number of ether oxygens (including phenoxy) is 1. The van der Waals surface area contributed by atoms with E-state index in [1.54, 1.807) is 12.3 Å². The predicted molar refractivity (Wildman–Crippen MR) is 69.0 cm³/mol. The van der Waals surface area contributed by atoms with Gasteiger partial charge >= 0.3 is 0 Å². The van der Waals surface area contributed by atoms with Gasteiger partial charge in [-0.15, -0.1) is 0 Å². The molecule has 1 fully saturated rings. The SMILES string of the molecule is CC1CN(c2cc(C(N)=NO)ccn2)CCCO1. The van der Waals surface area contributed by atoms with E-state index in [1.165, 1.54) is 0 Å². The second-order valence-electron chi connectivity index (χ2n) is 4.37. The molecule has 1 unspecified atom stereocenters. The summed E-state index contributed by atoms with van der Waals surface area (Å²) in [4.78, 5) is 6.49. The summed E-state index contributed by atoms with van der Waals surface area (Å²) in [5.41, 5.74) is 6.25. The van der Waals surface area contributed by atoms with Crippen molar-refractivity contribution in [3.8, 4) is 0 Å². The molecule has 1 aliphatic rings. The van der Waals surface area contributed by atoms with Crippen LogP contribution in [0, 0.1) is 0 Å². The van der Waals surface area contributed by atoms with Gasteiger partial charge in [0.2, 0.25) is 0 Å². The first-order chi connectivity index (χ1) is 8.70. The molecular formula is C12H18N4O2. The minimum atomic E-state index is 0.0952. The van der Waals surface area contributed by atoms with Gasteiger partial charge in [0, 0.05) is 31.5 Å². The van der Waals surface area contributed by atoms with E-state index in [9.17, 15) is 0 Å². The van der Waals surface area contributed by atoms with Crippen LogP contribution in [0.15, 0.2) is 23.5 Å². The van der Waals surface area contributed by atoms with Crippen molar-refractivity contribution in [3.63, 3.8) is 0 Å². The maximum absolute atomic E-state index is 8.69. The summed E-state index contributed by atoms with van der Waals surface area (Å²) in [6, 6.07) is 3.55. The first-order valence-corrected chi connectivity index (χ1v) is 6.01. The molecule has 0 amide bonds. The van der Waals surface area contributed by atoms with Crippen LogP contribution in [0.25, 0.3) is 0 Å². The number of nitrogens with two attached hydrogens (primary N) is 1. The molecular weight excluding hydrogens is 232 g/mol. The van der Waals surface area contributed by atoms with Gasteiger partial charge in [0.05, 0.1) is 6.10 Å². The number of anilines is 1. The quantitative estimate of drug-likeness (QED) is 0.351. The average molecular weight is 250 g/mol. The Hall–Kier alpha value is -1.82. The molecule has 1 aromatic heterocycles. The van der Waals surface area contributed by atoms with E-state index in [1.807, 2.05) is 13.0 Å². The molecule has 0 aromatic carbocycles. The van der Waals surface area contributed by atoms with E-state index in [0.29, 0.717) is 5.56 Å². The lowest BCUT2D eigenvalue weighted by Gasteiger charge is -2.23. The summed E-state index contributed by atoms with van der Waals surface area (Å²) in [6.45, 7) is 4.52. The molecule has 98 valence electrons. The van der Waals surface area contributed by atoms with Crippen molar-refractivity contribution in [3.05, 3.63) is 23.9 Å². The molecule has 6 heteroatoms. The highest BCUT2D eigenvalue weighted by Gasteiger charge is 2.16. The minimum absolute atomic E-state index is 0.0952. The minimum Gasteiger partial charge on any atom is -0.409 e. The van der Waals surface area contributed by atoms with Gasteiger partial charge < -0.3 is 20.6 Å². The smallest absolute Gasteiger partial charge is 0.170 e. The van der Waals surface area contributed by atoms with Crippen LogP contribution in [0.4, 0.5) is 5.82 Å². The first-order valence-electron chi connectivity index (χ1n) is 6.01. The number of rotatable bonds is 2. The van der Waals surface area contributed by atoms with E-state index in [2.05, 4.69) is 15.0 Å². The normalized spacial score (nSPS) is 21.7. The molecule has 1 saturated heterocycles. The van der Waals surface area contributed by atoms with Crippen molar-refractivity contribution in [1.82, 2.24) is 4.98 Å². The fraction of sp³-hybridized carbons (Fsp3) is 0.500. The summed E-state index contributed by atoms with van der Waals surface area (Å²) >= 11 is 0. The van der Waals surface area contributed by atoms with Crippen molar-refractivity contribution in [2.45, 2.75) is 19.4 Å². The van der Waals surface area contributed by atoms with Gasteiger partial charge in [0.25, 0.3) is 0 Å². The van der Waals surface area contributed by atoms with Crippen LogP contribution in [0.3, 0.4) is 0 Å². The number of aromatic nitrogens is 1. The Labute approximate surface area is 106 Å². The number of nitrogens with zero attached hydrogens (tertiary/aromatic N) is 3. The Bertz CT molecular complexity index is 436. The molecule has 18 heavy (non-hydrogen) atoms. The van der Waals surface area contributed by atoms with Crippen molar-refractivity contribution in [2.24, 2.45) is 10.9 Å². The highest BCUT2D eigenvalue weighted by atomic mass is 16.5. The number of oxime groups is 1. The molecule has 1 aliphatic heterocycles. The monoisotopic (exact) mass is 250 g/mol. The molecule has 1 atom stereocenters. The van der Waals surface area contributed by atoms with Gasteiger partial charge in [-0.05, 0) is 25.5 Å². The van der Waals surface area contributed by atoms with Gasteiger partial charge in [0.15, 0.2) is 5.84 Å². The maximum Gasteiger partial charge on any atom is 0.170 e. The van der Waals surface area contributed by atoms with Crippen molar-refractivity contribution >= 4 is 11.7 Å². The molecule has 0 saturated carbocycles. The van der Waals surface area contributed by atoms with Crippen LogP contribution in [-0.4, -0.2) is 41.8 Å². The summed E-state index contributed by atoms with van der Waals surface area (Å²) < 4.78 is 5.60. The Morgan fingerprint density at radius 1 is 1.67 bits per heavy atom. The van der Waals surface area contributed by atoms with Gasteiger partial charge in [-0.1, -0.05) is 5.16 Å². The van der Waals surface area contributed by atoms with E-state index in [4.69, 9.17) is 15.7 Å². The fourth-order valence-corrected chi connectivity index (χ4v) is 2.01. The summed E-state index contributed by atoms with van der Waals surface area (Å²) in [5.74, 6) is 0.925. The summed E-state index contributed by atoms with van der Waals surface area (Å²) in [5, 5.41) is 11.7. The lowest BCUT2D eigenvalue weighted by Crippen LogP contribution is -2.31. The van der Waals surface area contributed by atoms with Gasteiger partial charge in [-0.25, -0.2) is 4.98 Å². The van der Waals surface area contributed by atoms with Crippen molar-refractivity contribution < 1.29 is 9.94 Å².